The summed E-state index contributed by atoms with van der Waals surface area (Å²) in [7, 11) is 0. The van der Waals surface area contributed by atoms with E-state index in [0.717, 1.165) is 5.56 Å². The lowest BCUT2D eigenvalue weighted by atomic mass is 10.1. The second-order valence-electron chi connectivity index (χ2n) is 5.45. The fraction of sp³-hybridized carbons (Fsp3) is 0.438. The lowest BCUT2D eigenvalue weighted by molar-refractivity contribution is 0.0529. The molecule has 1 rings (SSSR count). The summed E-state index contributed by atoms with van der Waals surface area (Å²) in [6.07, 6.45) is 0.0461. The van der Waals surface area contributed by atoms with Gasteiger partial charge in [-0.15, -0.1) is 0 Å². The first-order chi connectivity index (χ1) is 9.29. The molecule has 1 amide bonds. The second kappa shape index (κ2) is 6.85. The third-order valence-electron chi connectivity index (χ3n) is 2.38. The molecule has 0 saturated heterocycles. The monoisotopic (exact) mass is 275 g/mol. The molecule has 4 nitrogen and oxygen atoms in total. The Hall–Kier alpha value is -2.15. The third-order valence-corrected chi connectivity index (χ3v) is 2.38. The number of amides is 1. The van der Waals surface area contributed by atoms with Gasteiger partial charge in [-0.3, -0.25) is 0 Å². The van der Waals surface area contributed by atoms with Crippen molar-refractivity contribution in [1.82, 2.24) is 5.32 Å². The highest BCUT2D eigenvalue weighted by molar-refractivity contribution is 5.67. The maximum atomic E-state index is 11.4. The van der Waals surface area contributed by atoms with Crippen molar-refractivity contribution in [2.24, 2.45) is 0 Å². The van der Waals surface area contributed by atoms with E-state index in [1.54, 1.807) is 6.07 Å². The first kappa shape index (κ1) is 15.9. The molecule has 2 N–H and O–H groups in total. The number of rotatable bonds is 2. The number of ether oxygens (including phenoxy) is 1. The summed E-state index contributed by atoms with van der Waals surface area (Å²) < 4.78 is 5.10. The molecule has 1 aromatic rings. The number of nitrogens with one attached hydrogen (secondary N) is 1. The van der Waals surface area contributed by atoms with Gasteiger partial charge >= 0.3 is 6.09 Å². The molecule has 20 heavy (non-hydrogen) atoms. The number of carbonyl (C=O) groups excluding carboxylic acids is 1. The summed E-state index contributed by atoms with van der Waals surface area (Å²) in [6, 6.07) is 5.43. The number of benzene rings is 1. The third kappa shape index (κ3) is 5.66. The van der Waals surface area contributed by atoms with Crippen molar-refractivity contribution in [3.8, 4) is 17.6 Å². The number of phenolic OH excluding ortho intramolecular Hbond substituents is 1. The minimum Gasteiger partial charge on any atom is -0.506 e. The Balaban J connectivity index is 2.41. The number of aryl methyl sites for hydroxylation is 1. The zero-order valence-corrected chi connectivity index (χ0v) is 12.4. The van der Waals surface area contributed by atoms with E-state index >= 15 is 0 Å². The van der Waals surface area contributed by atoms with E-state index in [9.17, 15) is 9.90 Å². The van der Waals surface area contributed by atoms with Gasteiger partial charge in [0.05, 0.1) is 5.56 Å². The highest BCUT2D eigenvalue weighted by Crippen LogP contribution is 2.19. The number of aromatic hydroxyl groups is 1. The molecule has 0 fully saturated rings. The van der Waals surface area contributed by atoms with Crippen molar-refractivity contribution >= 4 is 6.09 Å². The molecular formula is C16H21NO3. The van der Waals surface area contributed by atoms with Crippen molar-refractivity contribution in [1.29, 1.82) is 0 Å². The van der Waals surface area contributed by atoms with E-state index in [-0.39, 0.29) is 5.75 Å². The Morgan fingerprint density at radius 1 is 1.40 bits per heavy atom. The van der Waals surface area contributed by atoms with Crippen LogP contribution >= 0.6 is 0 Å². The van der Waals surface area contributed by atoms with Crippen molar-refractivity contribution in [3.63, 3.8) is 0 Å². The van der Waals surface area contributed by atoms with Crippen LogP contribution in [0.4, 0.5) is 4.79 Å². The quantitative estimate of drug-likeness (QED) is 0.644. The van der Waals surface area contributed by atoms with E-state index in [1.165, 1.54) is 0 Å². The summed E-state index contributed by atoms with van der Waals surface area (Å²) in [4.78, 5) is 11.4. The summed E-state index contributed by atoms with van der Waals surface area (Å²) in [6.45, 7) is 7.67. The van der Waals surface area contributed by atoms with Gasteiger partial charge in [0.15, 0.2) is 0 Å². The molecule has 1 aromatic carbocycles. The summed E-state index contributed by atoms with van der Waals surface area (Å²) in [5, 5.41) is 12.4. The van der Waals surface area contributed by atoms with E-state index in [2.05, 4.69) is 17.2 Å². The number of carbonyl (C=O) groups is 1. The predicted octanol–water partition coefficient (Wildman–Crippen LogP) is 2.97. The fourth-order valence-corrected chi connectivity index (χ4v) is 1.46. The second-order valence-corrected chi connectivity index (χ2v) is 5.45. The topological polar surface area (TPSA) is 58.6 Å². The molecule has 0 aliphatic heterocycles. The van der Waals surface area contributed by atoms with Crippen LogP contribution < -0.4 is 5.32 Å². The Kier molecular flexibility index (Phi) is 5.45. The number of alkyl carbamates (subject to hydrolysis) is 1. The van der Waals surface area contributed by atoms with Gasteiger partial charge in [-0.25, -0.2) is 4.79 Å². The van der Waals surface area contributed by atoms with Crippen LogP contribution in [0, 0.1) is 18.8 Å². The van der Waals surface area contributed by atoms with Gasteiger partial charge in [-0.1, -0.05) is 24.0 Å². The molecule has 0 spiro atoms. The molecule has 0 heterocycles. The van der Waals surface area contributed by atoms with Gasteiger partial charge in [-0.2, -0.15) is 0 Å². The molecular weight excluding hydrogens is 254 g/mol. The van der Waals surface area contributed by atoms with Crippen LogP contribution in [-0.4, -0.2) is 23.3 Å². The van der Waals surface area contributed by atoms with Crippen LogP contribution in [-0.2, 0) is 4.74 Å². The summed E-state index contributed by atoms with van der Waals surface area (Å²) >= 11 is 0. The number of hydrogen-bond acceptors (Lipinski definition) is 3. The molecule has 4 heteroatoms. The van der Waals surface area contributed by atoms with Crippen LogP contribution in [0.2, 0.25) is 0 Å². The number of phenols is 1. The van der Waals surface area contributed by atoms with E-state index < -0.39 is 11.7 Å². The normalized spacial score (nSPS) is 10.4. The first-order valence-corrected chi connectivity index (χ1v) is 6.54. The van der Waals surface area contributed by atoms with Crippen LogP contribution in [0.1, 0.15) is 38.3 Å². The molecule has 0 radical (unpaired) electrons. The average molecular weight is 275 g/mol. The highest BCUT2D eigenvalue weighted by Gasteiger charge is 2.15. The zero-order valence-electron chi connectivity index (χ0n) is 12.4. The maximum absolute atomic E-state index is 11.4. The van der Waals surface area contributed by atoms with Gasteiger partial charge in [0.2, 0.25) is 0 Å². The Morgan fingerprint density at radius 3 is 2.75 bits per heavy atom. The molecule has 0 aliphatic rings. The SMILES string of the molecule is Cc1cccc(C#CCCNC(=O)OC(C)(C)C)c1O. The first-order valence-electron chi connectivity index (χ1n) is 6.54. The standard InChI is InChI=1S/C16H21NO3/c1-12-8-7-10-13(14(12)18)9-5-6-11-17-15(19)20-16(2,3)4/h7-8,10,18H,6,11H2,1-4H3,(H,17,19). The predicted molar refractivity (Wildman–Crippen MR) is 78.6 cm³/mol. The van der Waals surface area contributed by atoms with Crippen molar-refractivity contribution in [2.45, 2.75) is 39.7 Å². The van der Waals surface area contributed by atoms with Gasteiger partial charge < -0.3 is 15.2 Å². The lowest BCUT2D eigenvalue weighted by Crippen LogP contribution is -2.32. The van der Waals surface area contributed by atoms with E-state index in [0.29, 0.717) is 18.5 Å². The molecule has 0 unspecified atom stereocenters. The number of hydrogen-bond donors (Lipinski definition) is 2. The van der Waals surface area contributed by atoms with Gasteiger partial charge in [0.1, 0.15) is 11.4 Å². The molecule has 0 aliphatic carbocycles. The molecule has 0 atom stereocenters. The van der Waals surface area contributed by atoms with Crippen molar-refractivity contribution in [2.75, 3.05) is 6.54 Å². The van der Waals surface area contributed by atoms with E-state index in [1.807, 2.05) is 39.8 Å². The molecule has 0 saturated carbocycles. The molecule has 0 aromatic heterocycles. The lowest BCUT2D eigenvalue weighted by Gasteiger charge is -2.19. The van der Waals surface area contributed by atoms with Gasteiger partial charge in [-0.05, 0) is 39.3 Å². The summed E-state index contributed by atoms with van der Waals surface area (Å²) in [5.41, 5.74) is 0.897. The minimum atomic E-state index is -0.497. The minimum absolute atomic E-state index is 0.208. The summed E-state index contributed by atoms with van der Waals surface area (Å²) in [5.74, 6) is 6.00. The Morgan fingerprint density at radius 2 is 2.10 bits per heavy atom. The van der Waals surface area contributed by atoms with Crippen LogP contribution in [0.15, 0.2) is 18.2 Å². The van der Waals surface area contributed by atoms with Crippen LogP contribution in [0.25, 0.3) is 0 Å². The van der Waals surface area contributed by atoms with Crippen molar-refractivity contribution < 1.29 is 14.6 Å². The Bertz CT molecular complexity index is 533. The van der Waals surface area contributed by atoms with Crippen molar-refractivity contribution in [3.05, 3.63) is 29.3 Å². The highest BCUT2D eigenvalue weighted by atomic mass is 16.6. The zero-order chi connectivity index (χ0) is 15.2. The molecule has 0 bridgehead atoms. The number of para-hydroxylation sites is 1. The van der Waals surface area contributed by atoms with Crippen LogP contribution in [0.5, 0.6) is 5.75 Å². The van der Waals surface area contributed by atoms with Gasteiger partial charge in [0.25, 0.3) is 0 Å². The van der Waals surface area contributed by atoms with E-state index in [4.69, 9.17) is 4.74 Å². The fourth-order valence-electron chi connectivity index (χ4n) is 1.46. The average Bonchev–Trinajstić information content (AvgIpc) is 2.31. The Labute approximate surface area is 120 Å². The smallest absolute Gasteiger partial charge is 0.407 e. The maximum Gasteiger partial charge on any atom is 0.407 e. The van der Waals surface area contributed by atoms with Gasteiger partial charge in [0, 0.05) is 13.0 Å². The molecule has 108 valence electrons. The largest absolute Gasteiger partial charge is 0.506 e. The van der Waals surface area contributed by atoms with Crippen LogP contribution in [0.3, 0.4) is 0 Å².